The van der Waals surface area contributed by atoms with Crippen LogP contribution in [0.4, 0.5) is 13.9 Å². The summed E-state index contributed by atoms with van der Waals surface area (Å²) in [5.41, 5.74) is 0.539. The molecule has 0 unspecified atom stereocenters. The minimum Gasteiger partial charge on any atom is -0.301 e. The van der Waals surface area contributed by atoms with E-state index in [1.165, 1.54) is 35.2 Å². The molecule has 0 spiro atoms. The highest BCUT2D eigenvalue weighted by atomic mass is 35.5. The summed E-state index contributed by atoms with van der Waals surface area (Å²) in [6, 6.07) is 10.5. The third kappa shape index (κ3) is 4.78. The average Bonchev–Trinajstić information content (AvgIpc) is 3.02. The van der Waals surface area contributed by atoms with Gasteiger partial charge in [-0.05, 0) is 36.4 Å². The molecule has 0 aliphatic rings. The fourth-order valence-electron chi connectivity index (χ4n) is 1.99. The average molecular weight is 397 g/mol. The Kier molecular flexibility index (Phi) is 5.67. The van der Waals surface area contributed by atoms with Gasteiger partial charge in [0.05, 0.1) is 11.4 Å². The van der Waals surface area contributed by atoms with Crippen molar-refractivity contribution in [3.05, 3.63) is 64.5 Å². The van der Waals surface area contributed by atoms with E-state index in [0.29, 0.717) is 15.8 Å². The molecule has 1 N–H and O–H groups in total. The van der Waals surface area contributed by atoms with E-state index >= 15 is 0 Å². The van der Waals surface area contributed by atoms with Crippen LogP contribution in [-0.4, -0.2) is 16.6 Å². The number of nitrogens with zero attached hydrogens (tertiary/aromatic N) is 1. The van der Waals surface area contributed by atoms with Gasteiger partial charge >= 0.3 is 0 Å². The highest BCUT2D eigenvalue weighted by molar-refractivity contribution is 8.00. The number of rotatable bonds is 5. The van der Waals surface area contributed by atoms with E-state index in [2.05, 4.69) is 10.3 Å². The number of hydrogen-bond donors (Lipinski definition) is 1. The summed E-state index contributed by atoms with van der Waals surface area (Å²) in [4.78, 5) is 17.1. The summed E-state index contributed by atoms with van der Waals surface area (Å²) in [5.74, 6) is -1.35. The Hall–Kier alpha value is -1.96. The number of carbonyl (C=O) groups is 1. The quantitative estimate of drug-likeness (QED) is 0.581. The molecule has 0 aliphatic heterocycles. The number of thiazole rings is 1. The number of halogens is 3. The smallest absolute Gasteiger partial charge is 0.236 e. The van der Waals surface area contributed by atoms with Gasteiger partial charge in [-0.2, -0.15) is 0 Å². The third-order valence-electron chi connectivity index (χ3n) is 3.14. The molecule has 128 valence electrons. The van der Waals surface area contributed by atoms with E-state index in [1.54, 1.807) is 17.5 Å². The lowest BCUT2D eigenvalue weighted by atomic mass is 10.1. The molecular weight excluding hydrogens is 386 g/mol. The normalized spacial score (nSPS) is 10.7. The van der Waals surface area contributed by atoms with Crippen LogP contribution in [0.25, 0.3) is 11.3 Å². The second-order valence-electron chi connectivity index (χ2n) is 4.95. The monoisotopic (exact) mass is 396 g/mol. The molecule has 1 aromatic heterocycles. The molecule has 8 heteroatoms. The van der Waals surface area contributed by atoms with Crippen LogP contribution in [0.2, 0.25) is 5.02 Å². The van der Waals surface area contributed by atoms with Crippen molar-refractivity contribution < 1.29 is 13.6 Å². The lowest BCUT2D eigenvalue weighted by Gasteiger charge is -2.02. The number of nitrogens with one attached hydrogen (secondary N) is 1. The third-order valence-corrected chi connectivity index (χ3v) is 5.16. The van der Waals surface area contributed by atoms with Crippen LogP contribution in [0.3, 0.4) is 0 Å². The highest BCUT2D eigenvalue weighted by Gasteiger charge is 2.12. The second kappa shape index (κ2) is 7.95. The van der Waals surface area contributed by atoms with Crippen LogP contribution in [0.5, 0.6) is 0 Å². The molecule has 0 fully saturated rings. The fourth-order valence-corrected chi connectivity index (χ4v) is 3.54. The van der Waals surface area contributed by atoms with Gasteiger partial charge in [0.1, 0.15) is 11.6 Å². The number of carbonyl (C=O) groups excluding carboxylic acids is 1. The van der Waals surface area contributed by atoms with Crippen molar-refractivity contribution in [2.45, 2.75) is 4.90 Å². The first-order chi connectivity index (χ1) is 12.0. The van der Waals surface area contributed by atoms with Gasteiger partial charge in [-0.1, -0.05) is 11.6 Å². The van der Waals surface area contributed by atoms with Crippen LogP contribution in [-0.2, 0) is 4.79 Å². The Labute approximate surface area is 156 Å². The Morgan fingerprint density at radius 3 is 2.68 bits per heavy atom. The number of hydrogen-bond acceptors (Lipinski definition) is 4. The van der Waals surface area contributed by atoms with Gasteiger partial charge in [0.2, 0.25) is 5.91 Å². The first-order valence-electron chi connectivity index (χ1n) is 7.10. The largest absolute Gasteiger partial charge is 0.301 e. The van der Waals surface area contributed by atoms with Gasteiger partial charge in [-0.25, -0.2) is 13.8 Å². The topological polar surface area (TPSA) is 42.0 Å². The Balaban J connectivity index is 1.60. The Morgan fingerprint density at radius 2 is 1.96 bits per heavy atom. The van der Waals surface area contributed by atoms with Gasteiger partial charge in [0.25, 0.3) is 0 Å². The number of thioether (sulfide) groups is 1. The van der Waals surface area contributed by atoms with Gasteiger partial charge in [-0.3, -0.25) is 4.79 Å². The van der Waals surface area contributed by atoms with E-state index in [9.17, 15) is 13.6 Å². The zero-order valence-corrected chi connectivity index (χ0v) is 15.0. The van der Waals surface area contributed by atoms with E-state index in [1.807, 2.05) is 12.1 Å². The molecule has 3 nitrogen and oxygen atoms in total. The van der Waals surface area contributed by atoms with Crippen LogP contribution < -0.4 is 5.32 Å². The Morgan fingerprint density at radius 1 is 1.20 bits per heavy atom. The standard InChI is InChI=1S/C17H11ClF2N2OS2/c18-10-1-4-12(5-2-10)24-9-16(23)22-17-21-15(8-25-17)13-6-3-11(19)7-14(13)20/h1-8H,9H2,(H,21,22,23). The molecule has 25 heavy (non-hydrogen) atoms. The minimum absolute atomic E-state index is 0.189. The summed E-state index contributed by atoms with van der Waals surface area (Å²) >= 11 is 8.36. The van der Waals surface area contributed by atoms with E-state index in [-0.39, 0.29) is 17.2 Å². The summed E-state index contributed by atoms with van der Waals surface area (Å²) in [6.07, 6.45) is 0. The lowest BCUT2D eigenvalue weighted by Crippen LogP contribution is -2.13. The maximum absolute atomic E-state index is 13.8. The van der Waals surface area contributed by atoms with Crippen molar-refractivity contribution in [3.8, 4) is 11.3 Å². The van der Waals surface area contributed by atoms with Gasteiger partial charge < -0.3 is 5.32 Å². The second-order valence-corrected chi connectivity index (χ2v) is 7.30. The van der Waals surface area contributed by atoms with Crippen molar-refractivity contribution in [1.82, 2.24) is 4.98 Å². The van der Waals surface area contributed by atoms with Gasteiger partial charge in [0.15, 0.2) is 5.13 Å². The first-order valence-corrected chi connectivity index (χ1v) is 9.35. The molecule has 1 amide bonds. The van der Waals surface area contributed by atoms with Gasteiger partial charge in [0, 0.05) is 26.9 Å². The lowest BCUT2D eigenvalue weighted by molar-refractivity contribution is -0.113. The SMILES string of the molecule is O=C(CSc1ccc(Cl)cc1)Nc1nc(-c2ccc(F)cc2F)cs1. The van der Waals surface area contributed by atoms with Crippen LogP contribution >= 0.6 is 34.7 Å². The molecule has 0 bridgehead atoms. The molecule has 1 heterocycles. The molecular formula is C17H11ClF2N2OS2. The molecule has 0 radical (unpaired) electrons. The molecule has 3 aromatic rings. The van der Waals surface area contributed by atoms with E-state index < -0.39 is 11.6 Å². The molecule has 0 atom stereocenters. The zero-order chi connectivity index (χ0) is 17.8. The van der Waals surface area contributed by atoms with Crippen molar-refractivity contribution in [2.24, 2.45) is 0 Å². The molecule has 2 aromatic carbocycles. The summed E-state index contributed by atoms with van der Waals surface area (Å²) < 4.78 is 26.7. The number of benzene rings is 2. The summed E-state index contributed by atoms with van der Waals surface area (Å²) in [5, 5.41) is 5.28. The Bertz CT molecular complexity index is 900. The fraction of sp³-hybridized carbons (Fsp3) is 0.0588. The predicted octanol–water partition coefficient (Wildman–Crippen LogP) is 5.47. The van der Waals surface area contributed by atoms with Crippen LogP contribution in [0, 0.1) is 11.6 Å². The molecule has 0 saturated carbocycles. The van der Waals surface area contributed by atoms with Crippen molar-refractivity contribution in [1.29, 1.82) is 0 Å². The van der Waals surface area contributed by atoms with Crippen molar-refractivity contribution in [3.63, 3.8) is 0 Å². The molecule has 3 rings (SSSR count). The summed E-state index contributed by atoms with van der Waals surface area (Å²) in [6.45, 7) is 0. The van der Waals surface area contributed by atoms with Crippen LogP contribution in [0.1, 0.15) is 0 Å². The molecule has 0 aliphatic carbocycles. The van der Waals surface area contributed by atoms with Crippen molar-refractivity contribution in [2.75, 3.05) is 11.1 Å². The number of amides is 1. The minimum atomic E-state index is -0.693. The van der Waals surface area contributed by atoms with E-state index in [4.69, 9.17) is 11.6 Å². The highest BCUT2D eigenvalue weighted by Crippen LogP contribution is 2.28. The number of aromatic nitrogens is 1. The maximum Gasteiger partial charge on any atom is 0.236 e. The zero-order valence-electron chi connectivity index (χ0n) is 12.6. The van der Waals surface area contributed by atoms with Crippen molar-refractivity contribution >= 4 is 45.7 Å². The first kappa shape index (κ1) is 17.8. The maximum atomic E-state index is 13.8. The molecule has 0 saturated heterocycles. The van der Waals surface area contributed by atoms with E-state index in [0.717, 1.165) is 11.0 Å². The predicted molar refractivity (Wildman–Crippen MR) is 98.3 cm³/mol. The summed E-state index contributed by atoms with van der Waals surface area (Å²) in [7, 11) is 0. The van der Waals surface area contributed by atoms with Gasteiger partial charge in [-0.15, -0.1) is 23.1 Å². The van der Waals surface area contributed by atoms with Crippen LogP contribution in [0.15, 0.2) is 52.7 Å². The number of anilines is 1.